The normalized spacial score (nSPS) is 44.8. The minimum absolute atomic E-state index is 0.527. The molecule has 0 amide bonds. The third-order valence-electron chi connectivity index (χ3n) is 3.79. The zero-order chi connectivity index (χ0) is 8.77. The van der Waals surface area contributed by atoms with Crippen LogP contribution in [0.1, 0.15) is 19.3 Å². The number of methoxy groups -OCH3 is 1. The fraction of sp³-hybridized carbons (Fsp3) is 1.00. The van der Waals surface area contributed by atoms with Gasteiger partial charge in [0, 0.05) is 19.4 Å². The van der Waals surface area contributed by atoms with Crippen molar-refractivity contribution in [3.8, 4) is 0 Å². The van der Waals surface area contributed by atoms with E-state index in [0.717, 1.165) is 12.0 Å². The van der Waals surface area contributed by atoms with Gasteiger partial charge in [-0.1, -0.05) is 0 Å². The van der Waals surface area contributed by atoms with Crippen LogP contribution in [-0.4, -0.2) is 44.4 Å². The van der Waals surface area contributed by atoms with Crippen molar-refractivity contribution in [3.05, 3.63) is 0 Å². The van der Waals surface area contributed by atoms with Gasteiger partial charge in [-0.25, -0.2) is 0 Å². The molecule has 2 heteroatoms. The van der Waals surface area contributed by atoms with Crippen LogP contribution < -0.4 is 0 Å². The van der Waals surface area contributed by atoms with Gasteiger partial charge < -0.3 is 9.22 Å². The van der Waals surface area contributed by atoms with E-state index in [1.54, 1.807) is 0 Å². The van der Waals surface area contributed by atoms with Gasteiger partial charge in [0.05, 0.1) is 20.6 Å². The first-order chi connectivity index (χ1) is 5.63. The smallest absolute Gasteiger partial charge is 0.116 e. The summed E-state index contributed by atoms with van der Waals surface area (Å²) >= 11 is 0. The molecule has 1 saturated heterocycles. The predicted molar refractivity (Wildman–Crippen MR) is 48.9 cm³/mol. The molecule has 0 radical (unpaired) electrons. The first kappa shape index (κ1) is 8.52. The zero-order valence-electron chi connectivity index (χ0n) is 8.42. The summed E-state index contributed by atoms with van der Waals surface area (Å²) in [6.45, 7) is 1.37. The van der Waals surface area contributed by atoms with Crippen LogP contribution in [0.25, 0.3) is 0 Å². The molecule has 1 aliphatic carbocycles. The lowest BCUT2D eigenvalue weighted by molar-refractivity contribution is -0.905. The summed E-state index contributed by atoms with van der Waals surface area (Å²) in [5, 5.41) is 0. The van der Waals surface area contributed by atoms with Crippen LogP contribution in [0.4, 0.5) is 0 Å². The van der Waals surface area contributed by atoms with Gasteiger partial charge in [0.1, 0.15) is 12.1 Å². The minimum Gasteiger partial charge on any atom is -0.375 e. The van der Waals surface area contributed by atoms with E-state index in [4.69, 9.17) is 4.74 Å². The third-order valence-corrected chi connectivity index (χ3v) is 3.79. The van der Waals surface area contributed by atoms with Crippen LogP contribution in [0.2, 0.25) is 0 Å². The van der Waals surface area contributed by atoms with E-state index in [2.05, 4.69) is 14.1 Å². The average molecular weight is 170 g/mol. The summed E-state index contributed by atoms with van der Waals surface area (Å²) in [4.78, 5) is 0. The molecule has 0 unspecified atom stereocenters. The molecule has 0 aromatic heterocycles. The maximum Gasteiger partial charge on any atom is 0.116 e. The first-order valence-electron chi connectivity index (χ1n) is 4.99. The topological polar surface area (TPSA) is 9.23 Å². The van der Waals surface area contributed by atoms with Crippen LogP contribution >= 0.6 is 0 Å². The number of quaternary nitrogens is 1. The molecule has 2 bridgehead atoms. The Hall–Kier alpha value is -0.0800. The summed E-state index contributed by atoms with van der Waals surface area (Å²) in [5.41, 5.74) is 0. The Balaban J connectivity index is 2.15. The van der Waals surface area contributed by atoms with E-state index in [0.29, 0.717) is 6.10 Å². The van der Waals surface area contributed by atoms with Crippen molar-refractivity contribution >= 4 is 0 Å². The fourth-order valence-corrected chi connectivity index (χ4v) is 3.18. The Bertz CT molecular complexity index is 179. The van der Waals surface area contributed by atoms with Gasteiger partial charge in [0.2, 0.25) is 0 Å². The Morgan fingerprint density at radius 3 is 2.67 bits per heavy atom. The monoisotopic (exact) mass is 170 g/mol. The van der Waals surface area contributed by atoms with Crippen molar-refractivity contribution in [1.29, 1.82) is 0 Å². The quantitative estimate of drug-likeness (QED) is 0.538. The Labute approximate surface area is 75.1 Å². The van der Waals surface area contributed by atoms with Crippen molar-refractivity contribution in [2.24, 2.45) is 5.92 Å². The molecule has 2 fully saturated rings. The Morgan fingerprint density at radius 1 is 1.25 bits per heavy atom. The number of rotatable bonds is 1. The number of likely N-dealkylation sites (tertiary alicyclic amines) is 1. The largest absolute Gasteiger partial charge is 0.375 e. The molecule has 0 aromatic carbocycles. The Morgan fingerprint density at radius 2 is 2.00 bits per heavy atom. The second-order valence-corrected chi connectivity index (χ2v) is 4.98. The van der Waals surface area contributed by atoms with Gasteiger partial charge in [0.15, 0.2) is 0 Å². The number of nitrogens with zero attached hydrogens (tertiary/aromatic N) is 1. The van der Waals surface area contributed by atoms with E-state index >= 15 is 0 Å². The predicted octanol–water partition coefficient (Wildman–Crippen LogP) is 1.26. The number of likely N-dealkylation sites (N-methyl/N-ethyl adjacent to an activating group) is 1. The van der Waals surface area contributed by atoms with Crippen molar-refractivity contribution in [2.75, 3.05) is 27.7 Å². The van der Waals surface area contributed by atoms with Crippen molar-refractivity contribution < 1.29 is 9.22 Å². The van der Waals surface area contributed by atoms with Crippen LogP contribution in [0, 0.1) is 5.92 Å². The molecule has 1 heterocycles. The van der Waals surface area contributed by atoms with Gasteiger partial charge >= 0.3 is 0 Å². The highest BCUT2D eigenvalue weighted by atomic mass is 16.5. The van der Waals surface area contributed by atoms with Crippen molar-refractivity contribution in [2.45, 2.75) is 31.4 Å². The lowest BCUT2D eigenvalue weighted by Gasteiger charge is -2.35. The SMILES string of the molecule is CO[C@@H]1CC[C@@H]2C[C@H]1[N+](C)(C)C2. The zero-order valence-corrected chi connectivity index (χ0v) is 8.42. The number of hydrogen-bond acceptors (Lipinski definition) is 1. The lowest BCUT2D eigenvalue weighted by atomic mass is 9.88. The van der Waals surface area contributed by atoms with Crippen LogP contribution in [0.3, 0.4) is 0 Å². The number of ether oxygens (including phenoxy) is 1. The highest BCUT2D eigenvalue weighted by Crippen LogP contribution is 2.39. The fourth-order valence-electron chi connectivity index (χ4n) is 3.18. The molecule has 0 N–H and O–H groups in total. The second kappa shape index (κ2) is 2.71. The van der Waals surface area contributed by atoms with E-state index in [-0.39, 0.29) is 0 Å². The van der Waals surface area contributed by atoms with Gasteiger partial charge in [-0.2, -0.15) is 0 Å². The summed E-state index contributed by atoms with van der Waals surface area (Å²) in [6, 6.07) is 0.772. The molecular weight excluding hydrogens is 150 g/mol. The molecule has 0 aromatic rings. The maximum absolute atomic E-state index is 5.54. The van der Waals surface area contributed by atoms with Crippen molar-refractivity contribution in [1.82, 2.24) is 0 Å². The van der Waals surface area contributed by atoms with E-state index in [9.17, 15) is 0 Å². The molecule has 70 valence electrons. The molecule has 2 rings (SSSR count). The van der Waals surface area contributed by atoms with Crippen LogP contribution in [-0.2, 0) is 4.74 Å². The molecule has 2 nitrogen and oxygen atoms in total. The van der Waals surface area contributed by atoms with Gasteiger partial charge in [-0.3, -0.25) is 0 Å². The molecule has 1 aliphatic heterocycles. The third kappa shape index (κ3) is 1.17. The number of hydrogen-bond donors (Lipinski definition) is 0. The number of fused-ring (bicyclic) bond motifs is 2. The standard InChI is InChI=1S/C10H20NO/c1-11(2)7-8-4-5-10(12-3)9(11)6-8/h8-10H,4-7H2,1-3H3/q+1/t8-,9-,10-/m1/s1. The van der Waals surface area contributed by atoms with Crippen molar-refractivity contribution in [3.63, 3.8) is 0 Å². The van der Waals surface area contributed by atoms with Gasteiger partial charge in [-0.15, -0.1) is 0 Å². The Kier molecular flexibility index (Phi) is 1.92. The summed E-state index contributed by atoms with van der Waals surface area (Å²) in [7, 11) is 6.56. The highest BCUT2D eigenvalue weighted by Gasteiger charge is 2.48. The van der Waals surface area contributed by atoms with Crippen LogP contribution in [0.15, 0.2) is 0 Å². The first-order valence-corrected chi connectivity index (χ1v) is 4.99. The molecular formula is C10H20NO+. The van der Waals surface area contributed by atoms with E-state index in [1.807, 2.05) is 7.11 Å². The highest BCUT2D eigenvalue weighted by molar-refractivity contribution is 4.86. The average Bonchev–Trinajstić information content (AvgIpc) is 2.25. The lowest BCUT2D eigenvalue weighted by Crippen LogP contribution is -2.50. The van der Waals surface area contributed by atoms with Gasteiger partial charge in [0.25, 0.3) is 0 Å². The summed E-state index contributed by atoms with van der Waals surface area (Å²) in [5.74, 6) is 0.983. The van der Waals surface area contributed by atoms with E-state index in [1.165, 1.54) is 30.3 Å². The summed E-state index contributed by atoms with van der Waals surface area (Å²) in [6.07, 6.45) is 4.59. The minimum atomic E-state index is 0.527. The second-order valence-electron chi connectivity index (χ2n) is 4.98. The van der Waals surface area contributed by atoms with Gasteiger partial charge in [-0.05, 0) is 12.8 Å². The molecule has 1 saturated carbocycles. The summed E-state index contributed by atoms with van der Waals surface area (Å²) < 4.78 is 6.72. The van der Waals surface area contributed by atoms with E-state index < -0.39 is 0 Å². The molecule has 0 spiro atoms. The molecule has 3 atom stereocenters. The maximum atomic E-state index is 5.54. The van der Waals surface area contributed by atoms with Crippen LogP contribution in [0.5, 0.6) is 0 Å². The molecule has 2 aliphatic rings. The molecule has 12 heavy (non-hydrogen) atoms.